The molecule has 0 spiro atoms. The van der Waals surface area contributed by atoms with Crippen molar-refractivity contribution in [1.82, 2.24) is 0 Å². The van der Waals surface area contributed by atoms with E-state index >= 15 is 0 Å². The molecule has 0 radical (unpaired) electrons. The lowest BCUT2D eigenvalue weighted by Gasteiger charge is -1.99. The smallest absolute Gasteiger partial charge is 0.333 e. The highest BCUT2D eigenvalue weighted by Crippen LogP contribution is 2.18. The second-order valence-electron chi connectivity index (χ2n) is 1.54. The van der Waals surface area contributed by atoms with Crippen LogP contribution in [0.3, 0.4) is 0 Å². The first-order valence-corrected chi connectivity index (χ1v) is 4.24. The third-order valence-electron chi connectivity index (χ3n) is 0.761. The number of carboxylic acids is 2. The van der Waals surface area contributed by atoms with Crippen LogP contribution in [0.1, 0.15) is 0 Å². The van der Waals surface area contributed by atoms with Crippen LogP contribution in [-0.4, -0.2) is 25.9 Å². The predicted octanol–water partition coefficient (Wildman–Crippen LogP) is 1.20. The van der Waals surface area contributed by atoms with Crippen LogP contribution in [-0.2, 0) is 9.59 Å². The fraction of sp³-hybridized carbons (Fsp3) is 0.200. The summed E-state index contributed by atoms with van der Waals surface area (Å²) in [5.41, 5.74) is -0.252. The Morgan fingerprint density at radius 3 is 1.82 bits per heavy atom. The summed E-state index contributed by atoms with van der Waals surface area (Å²) in [7, 11) is 0. The summed E-state index contributed by atoms with van der Waals surface area (Å²) in [6.07, 6.45) is 0.622. The summed E-state index contributed by atoms with van der Waals surface area (Å²) in [6.45, 7) is 0. The Kier molecular flexibility index (Phi) is 4.36. The zero-order valence-electron chi connectivity index (χ0n) is 5.12. The molecule has 0 saturated carbocycles. The van der Waals surface area contributed by atoms with Gasteiger partial charge in [-0.3, -0.25) is 0 Å². The fourth-order valence-electron chi connectivity index (χ4n) is 0.351. The standard InChI is InChI=1S/C5H4Br2O4/c6-4(7)2(5(10)11)1-3(8)9/h1,4H,(H,8,9)(H,10,11)/b2-1-. The van der Waals surface area contributed by atoms with Gasteiger partial charge in [-0.15, -0.1) is 0 Å². The Labute approximate surface area is 79.2 Å². The molecule has 0 unspecified atom stereocenters. The Morgan fingerprint density at radius 2 is 1.73 bits per heavy atom. The van der Waals surface area contributed by atoms with E-state index in [1.165, 1.54) is 0 Å². The molecule has 0 aromatic carbocycles. The topological polar surface area (TPSA) is 74.6 Å². The Balaban J connectivity index is 4.60. The lowest BCUT2D eigenvalue weighted by Crippen LogP contribution is -2.09. The van der Waals surface area contributed by atoms with Gasteiger partial charge < -0.3 is 10.2 Å². The van der Waals surface area contributed by atoms with E-state index in [0.717, 1.165) is 0 Å². The molecule has 0 bridgehead atoms. The van der Waals surface area contributed by atoms with Gasteiger partial charge in [-0.1, -0.05) is 31.9 Å². The van der Waals surface area contributed by atoms with E-state index < -0.39 is 15.7 Å². The minimum Gasteiger partial charge on any atom is -0.478 e. The van der Waals surface area contributed by atoms with E-state index in [1.54, 1.807) is 0 Å². The quantitative estimate of drug-likeness (QED) is 0.604. The van der Waals surface area contributed by atoms with Crippen molar-refractivity contribution in [3.05, 3.63) is 11.6 Å². The molecule has 0 rings (SSSR count). The van der Waals surface area contributed by atoms with E-state index in [0.29, 0.717) is 6.08 Å². The van der Waals surface area contributed by atoms with Gasteiger partial charge >= 0.3 is 11.9 Å². The van der Waals surface area contributed by atoms with E-state index in [1.807, 2.05) is 0 Å². The van der Waals surface area contributed by atoms with Crippen LogP contribution in [0.15, 0.2) is 11.6 Å². The maximum Gasteiger partial charge on any atom is 0.333 e. The molecule has 0 aromatic rings. The van der Waals surface area contributed by atoms with Gasteiger partial charge in [0.25, 0.3) is 0 Å². The third-order valence-corrected chi connectivity index (χ3v) is 1.75. The molecule has 0 heterocycles. The predicted molar refractivity (Wildman–Crippen MR) is 45.0 cm³/mol. The van der Waals surface area contributed by atoms with Crippen molar-refractivity contribution < 1.29 is 19.8 Å². The molecule has 2 N–H and O–H groups in total. The van der Waals surface area contributed by atoms with Gasteiger partial charge in [0.05, 0.1) is 5.57 Å². The normalized spacial score (nSPS) is 11.7. The van der Waals surface area contributed by atoms with Crippen molar-refractivity contribution in [2.24, 2.45) is 0 Å². The molecule has 0 aliphatic rings. The maximum atomic E-state index is 10.3. The number of carbonyl (C=O) groups is 2. The maximum absolute atomic E-state index is 10.3. The molecule has 0 aliphatic carbocycles. The summed E-state index contributed by atoms with van der Waals surface area (Å²) in [5, 5.41) is 16.6. The number of halogens is 2. The molecule has 0 aromatic heterocycles. The van der Waals surface area contributed by atoms with Crippen LogP contribution in [0.5, 0.6) is 0 Å². The number of alkyl halides is 2. The van der Waals surface area contributed by atoms with Gasteiger partial charge in [-0.25, -0.2) is 9.59 Å². The highest BCUT2D eigenvalue weighted by atomic mass is 79.9. The van der Waals surface area contributed by atoms with Crippen LogP contribution in [0.4, 0.5) is 0 Å². The molecular formula is C5H4Br2O4. The molecule has 0 amide bonds. The van der Waals surface area contributed by atoms with Crippen molar-refractivity contribution in [2.75, 3.05) is 0 Å². The molecule has 0 atom stereocenters. The number of hydrogen-bond donors (Lipinski definition) is 2. The average Bonchev–Trinajstić information content (AvgIpc) is 1.81. The van der Waals surface area contributed by atoms with E-state index in [-0.39, 0.29) is 5.57 Å². The van der Waals surface area contributed by atoms with Crippen molar-refractivity contribution in [1.29, 1.82) is 0 Å². The van der Waals surface area contributed by atoms with Crippen LogP contribution < -0.4 is 0 Å². The second-order valence-corrected chi connectivity index (χ2v) is 4.60. The fourth-order valence-corrected chi connectivity index (χ4v) is 1.01. The van der Waals surface area contributed by atoms with Crippen molar-refractivity contribution in [2.45, 2.75) is 3.74 Å². The Morgan fingerprint density at radius 1 is 1.27 bits per heavy atom. The van der Waals surface area contributed by atoms with Crippen molar-refractivity contribution in [3.8, 4) is 0 Å². The third kappa shape index (κ3) is 4.15. The molecule has 11 heavy (non-hydrogen) atoms. The zero-order chi connectivity index (χ0) is 9.02. The number of carboxylic acid groups (broad SMARTS) is 2. The molecular weight excluding hydrogens is 284 g/mol. The first-order chi connectivity index (χ1) is 4.95. The SMILES string of the molecule is O=C(O)/C=C(\C(=O)O)C(Br)Br. The summed E-state index contributed by atoms with van der Waals surface area (Å²) in [6, 6.07) is 0. The minimum atomic E-state index is -1.29. The molecule has 4 nitrogen and oxygen atoms in total. The molecule has 6 heteroatoms. The molecule has 0 aliphatic heterocycles. The van der Waals surface area contributed by atoms with Gasteiger partial charge in [-0.05, 0) is 0 Å². The molecule has 0 fully saturated rings. The van der Waals surface area contributed by atoms with Gasteiger partial charge in [0.15, 0.2) is 0 Å². The largest absolute Gasteiger partial charge is 0.478 e. The average molecular weight is 288 g/mol. The van der Waals surface area contributed by atoms with Gasteiger partial charge in [0, 0.05) is 6.08 Å². The number of hydrogen-bond acceptors (Lipinski definition) is 2. The Hall–Kier alpha value is -0.360. The second kappa shape index (κ2) is 4.50. The van der Waals surface area contributed by atoms with E-state index in [4.69, 9.17) is 10.2 Å². The van der Waals surface area contributed by atoms with E-state index in [9.17, 15) is 9.59 Å². The lowest BCUT2D eigenvalue weighted by atomic mass is 10.3. The van der Waals surface area contributed by atoms with Crippen LogP contribution >= 0.6 is 31.9 Å². The first-order valence-electron chi connectivity index (χ1n) is 2.41. The van der Waals surface area contributed by atoms with Crippen LogP contribution in [0.2, 0.25) is 0 Å². The summed E-state index contributed by atoms with van der Waals surface area (Å²) in [4.78, 5) is 20.3. The lowest BCUT2D eigenvalue weighted by molar-refractivity contribution is -0.135. The Bertz CT molecular complexity index is 209. The van der Waals surface area contributed by atoms with E-state index in [2.05, 4.69) is 31.9 Å². The van der Waals surface area contributed by atoms with Gasteiger partial charge in [0.1, 0.15) is 3.74 Å². The minimum absolute atomic E-state index is 0.252. The zero-order valence-corrected chi connectivity index (χ0v) is 8.29. The first kappa shape index (κ1) is 10.6. The summed E-state index contributed by atoms with van der Waals surface area (Å²) in [5.74, 6) is -2.56. The van der Waals surface area contributed by atoms with Crippen molar-refractivity contribution >= 4 is 43.8 Å². The highest BCUT2D eigenvalue weighted by molar-refractivity contribution is 9.24. The molecule has 62 valence electrons. The van der Waals surface area contributed by atoms with Crippen molar-refractivity contribution in [3.63, 3.8) is 0 Å². The van der Waals surface area contributed by atoms with Gasteiger partial charge in [0.2, 0.25) is 0 Å². The summed E-state index contributed by atoms with van der Waals surface area (Å²) < 4.78 is -0.649. The highest BCUT2D eigenvalue weighted by Gasteiger charge is 2.15. The summed E-state index contributed by atoms with van der Waals surface area (Å²) >= 11 is 5.75. The molecule has 0 saturated heterocycles. The number of rotatable bonds is 3. The monoisotopic (exact) mass is 286 g/mol. The van der Waals surface area contributed by atoms with Gasteiger partial charge in [-0.2, -0.15) is 0 Å². The van der Waals surface area contributed by atoms with Crippen LogP contribution in [0.25, 0.3) is 0 Å². The number of aliphatic carboxylic acids is 2. The van der Waals surface area contributed by atoms with Crippen LogP contribution in [0, 0.1) is 0 Å².